The van der Waals surface area contributed by atoms with Gasteiger partial charge in [0.2, 0.25) is 0 Å². The van der Waals surface area contributed by atoms with E-state index in [2.05, 4.69) is 19.2 Å². The van der Waals surface area contributed by atoms with Crippen LogP contribution in [0.5, 0.6) is 0 Å². The van der Waals surface area contributed by atoms with E-state index in [0.29, 0.717) is 10.7 Å². The summed E-state index contributed by atoms with van der Waals surface area (Å²) in [5.41, 5.74) is 7.30. The van der Waals surface area contributed by atoms with Crippen LogP contribution in [0.4, 0.5) is 11.4 Å². The van der Waals surface area contributed by atoms with Gasteiger partial charge in [-0.3, -0.25) is 0 Å². The second kappa shape index (κ2) is 4.15. The molecule has 0 aliphatic carbocycles. The van der Waals surface area contributed by atoms with Crippen LogP contribution in [-0.2, 0) is 4.74 Å². The third kappa shape index (κ3) is 1.97. The zero-order valence-electron chi connectivity index (χ0n) is 9.59. The summed E-state index contributed by atoms with van der Waals surface area (Å²) in [6.07, 6.45) is 1.11. The highest BCUT2D eigenvalue weighted by atomic mass is 35.5. The first-order valence-electron chi connectivity index (χ1n) is 5.47. The molecule has 0 radical (unpaired) electrons. The van der Waals surface area contributed by atoms with Crippen molar-refractivity contribution < 1.29 is 4.74 Å². The minimum atomic E-state index is -0.0981. The Morgan fingerprint density at radius 1 is 1.56 bits per heavy atom. The van der Waals surface area contributed by atoms with E-state index in [1.54, 1.807) is 0 Å². The Balaban J connectivity index is 2.27. The maximum atomic E-state index is 6.13. The zero-order chi connectivity index (χ0) is 11.8. The van der Waals surface area contributed by atoms with Gasteiger partial charge in [-0.2, -0.15) is 0 Å². The summed E-state index contributed by atoms with van der Waals surface area (Å²) in [6, 6.07) is 5.53. The van der Waals surface area contributed by atoms with Gasteiger partial charge in [0.15, 0.2) is 0 Å². The fourth-order valence-electron chi connectivity index (χ4n) is 1.96. The number of benzene rings is 1. The molecule has 2 unspecified atom stereocenters. The van der Waals surface area contributed by atoms with Crippen LogP contribution in [0.3, 0.4) is 0 Å². The van der Waals surface area contributed by atoms with Crippen molar-refractivity contribution in [3.8, 4) is 0 Å². The van der Waals surface area contributed by atoms with Crippen LogP contribution < -0.4 is 11.1 Å². The molecule has 0 saturated carbocycles. The molecule has 0 amide bonds. The van der Waals surface area contributed by atoms with Gasteiger partial charge in [0.25, 0.3) is 0 Å². The average molecular weight is 241 g/mol. The van der Waals surface area contributed by atoms with E-state index in [4.69, 9.17) is 22.1 Å². The molecule has 1 aromatic carbocycles. The Morgan fingerprint density at radius 3 is 2.88 bits per heavy atom. The summed E-state index contributed by atoms with van der Waals surface area (Å²) in [6.45, 7) is 4.97. The van der Waals surface area contributed by atoms with Crippen LogP contribution >= 0.6 is 11.6 Å². The van der Waals surface area contributed by atoms with Crippen molar-refractivity contribution in [2.45, 2.75) is 31.9 Å². The van der Waals surface area contributed by atoms with Crippen molar-refractivity contribution in [3.63, 3.8) is 0 Å². The first-order chi connectivity index (χ1) is 7.53. The SMILES string of the molecule is CC1OCCC1(C)Nc1c(N)cccc1Cl. The van der Waals surface area contributed by atoms with Gasteiger partial charge in [0.05, 0.1) is 28.0 Å². The number of hydrogen-bond donors (Lipinski definition) is 2. The Kier molecular flexibility index (Phi) is 3.00. The molecule has 3 nitrogen and oxygen atoms in total. The van der Waals surface area contributed by atoms with Gasteiger partial charge >= 0.3 is 0 Å². The fourth-order valence-corrected chi connectivity index (χ4v) is 2.19. The number of rotatable bonds is 2. The molecule has 2 atom stereocenters. The second-order valence-corrected chi connectivity index (χ2v) is 4.92. The molecule has 1 saturated heterocycles. The van der Waals surface area contributed by atoms with Gasteiger partial charge in [-0.25, -0.2) is 0 Å². The lowest BCUT2D eigenvalue weighted by molar-refractivity contribution is 0.105. The molecule has 1 aliphatic heterocycles. The molecular formula is C12H17ClN2O. The van der Waals surface area contributed by atoms with Crippen LogP contribution in [0.1, 0.15) is 20.3 Å². The summed E-state index contributed by atoms with van der Waals surface area (Å²) >= 11 is 6.13. The van der Waals surface area contributed by atoms with E-state index in [1.807, 2.05) is 18.2 Å². The predicted molar refractivity (Wildman–Crippen MR) is 67.9 cm³/mol. The predicted octanol–water partition coefficient (Wildman–Crippen LogP) is 2.90. The summed E-state index contributed by atoms with van der Waals surface area (Å²) in [7, 11) is 0. The summed E-state index contributed by atoms with van der Waals surface area (Å²) < 4.78 is 5.57. The highest BCUT2D eigenvalue weighted by Crippen LogP contribution is 2.35. The van der Waals surface area contributed by atoms with Crippen LogP contribution in [0, 0.1) is 0 Å². The molecule has 2 rings (SSSR count). The molecule has 1 aromatic rings. The molecule has 3 N–H and O–H groups in total. The molecule has 1 heterocycles. The Bertz CT molecular complexity index is 376. The van der Waals surface area contributed by atoms with E-state index < -0.39 is 0 Å². The number of ether oxygens (including phenoxy) is 1. The summed E-state index contributed by atoms with van der Waals surface area (Å²) in [4.78, 5) is 0. The lowest BCUT2D eigenvalue weighted by atomic mass is 9.94. The van der Waals surface area contributed by atoms with E-state index in [0.717, 1.165) is 18.7 Å². The Hall–Kier alpha value is -0.930. The topological polar surface area (TPSA) is 47.3 Å². The van der Waals surface area contributed by atoms with Gasteiger partial charge in [0, 0.05) is 6.61 Å². The van der Waals surface area contributed by atoms with Gasteiger partial charge in [0.1, 0.15) is 0 Å². The van der Waals surface area contributed by atoms with Crippen molar-refractivity contribution in [2.24, 2.45) is 0 Å². The molecule has 1 aliphatic rings. The second-order valence-electron chi connectivity index (χ2n) is 4.51. The van der Waals surface area contributed by atoms with Crippen LogP contribution in [0.2, 0.25) is 5.02 Å². The lowest BCUT2D eigenvalue weighted by Crippen LogP contribution is -2.41. The normalized spacial score (nSPS) is 29.3. The number of anilines is 2. The van der Waals surface area contributed by atoms with E-state index in [9.17, 15) is 0 Å². The third-order valence-corrected chi connectivity index (χ3v) is 3.66. The maximum absolute atomic E-state index is 6.13. The fraction of sp³-hybridized carbons (Fsp3) is 0.500. The number of halogens is 1. The Labute approximate surface area is 101 Å². The molecule has 0 aromatic heterocycles. The standard InChI is InChI=1S/C12H17ClN2O/c1-8-12(2,6-7-16-8)15-11-9(13)4-3-5-10(11)14/h3-5,8,15H,6-7,14H2,1-2H3. The van der Waals surface area contributed by atoms with Crippen molar-refractivity contribution in [2.75, 3.05) is 17.7 Å². The number of para-hydroxylation sites is 1. The molecule has 4 heteroatoms. The van der Waals surface area contributed by atoms with Gasteiger partial charge in [-0.1, -0.05) is 17.7 Å². The molecule has 0 bridgehead atoms. The zero-order valence-corrected chi connectivity index (χ0v) is 10.3. The van der Waals surface area contributed by atoms with Gasteiger partial charge in [-0.15, -0.1) is 0 Å². The van der Waals surface area contributed by atoms with Crippen molar-refractivity contribution in [1.29, 1.82) is 0 Å². The quantitative estimate of drug-likeness (QED) is 0.782. The number of nitrogen functional groups attached to an aromatic ring is 1. The van der Waals surface area contributed by atoms with Crippen molar-refractivity contribution in [3.05, 3.63) is 23.2 Å². The number of nitrogens with one attached hydrogen (secondary N) is 1. The van der Waals surface area contributed by atoms with E-state index in [1.165, 1.54) is 0 Å². The highest BCUT2D eigenvalue weighted by Gasteiger charge is 2.37. The van der Waals surface area contributed by atoms with Crippen LogP contribution in [0.15, 0.2) is 18.2 Å². The van der Waals surface area contributed by atoms with Gasteiger partial charge < -0.3 is 15.8 Å². The van der Waals surface area contributed by atoms with E-state index in [-0.39, 0.29) is 11.6 Å². The van der Waals surface area contributed by atoms with Crippen molar-refractivity contribution in [1.82, 2.24) is 0 Å². The molecular weight excluding hydrogens is 224 g/mol. The van der Waals surface area contributed by atoms with Crippen LogP contribution in [-0.4, -0.2) is 18.2 Å². The monoisotopic (exact) mass is 240 g/mol. The average Bonchev–Trinajstić information content (AvgIpc) is 2.54. The first kappa shape index (κ1) is 11.6. The first-order valence-corrected chi connectivity index (χ1v) is 5.84. The molecule has 88 valence electrons. The van der Waals surface area contributed by atoms with Gasteiger partial charge in [-0.05, 0) is 32.4 Å². The lowest BCUT2D eigenvalue weighted by Gasteiger charge is -2.31. The molecule has 1 fully saturated rings. The van der Waals surface area contributed by atoms with E-state index >= 15 is 0 Å². The minimum Gasteiger partial charge on any atom is -0.397 e. The smallest absolute Gasteiger partial charge is 0.0774 e. The Morgan fingerprint density at radius 2 is 2.31 bits per heavy atom. The minimum absolute atomic E-state index is 0.0981. The van der Waals surface area contributed by atoms with Crippen molar-refractivity contribution >= 4 is 23.0 Å². The summed E-state index contributed by atoms with van der Waals surface area (Å²) in [5.74, 6) is 0. The highest BCUT2D eigenvalue weighted by molar-refractivity contribution is 6.33. The third-order valence-electron chi connectivity index (χ3n) is 3.34. The number of hydrogen-bond acceptors (Lipinski definition) is 3. The maximum Gasteiger partial charge on any atom is 0.0774 e. The largest absolute Gasteiger partial charge is 0.397 e. The molecule has 0 spiro atoms. The molecule has 16 heavy (non-hydrogen) atoms. The summed E-state index contributed by atoms with van der Waals surface area (Å²) in [5, 5.41) is 4.07. The van der Waals surface area contributed by atoms with Crippen LogP contribution in [0.25, 0.3) is 0 Å². The number of nitrogens with two attached hydrogens (primary N) is 1.